The van der Waals surface area contributed by atoms with Crippen molar-refractivity contribution in [3.63, 3.8) is 0 Å². The van der Waals surface area contributed by atoms with Crippen LogP contribution in [-0.2, 0) is 11.3 Å². The maximum atomic E-state index is 12.7. The highest BCUT2D eigenvalue weighted by Gasteiger charge is 2.43. The molecule has 0 atom stereocenters. The van der Waals surface area contributed by atoms with Crippen LogP contribution in [0.15, 0.2) is 34.9 Å². The lowest BCUT2D eigenvalue weighted by molar-refractivity contribution is 0.00314. The van der Waals surface area contributed by atoms with Crippen LogP contribution in [0.3, 0.4) is 0 Å². The van der Waals surface area contributed by atoms with Gasteiger partial charge < -0.3 is 28.8 Å². The van der Waals surface area contributed by atoms with Crippen molar-refractivity contribution >= 4 is 12.0 Å². The molecule has 2 aliphatic heterocycles. The number of piperidine rings is 1. The SMILES string of the molecule is COc1cccc(OCc2nc(C(=O)N3CCC4(CC3)CNC(=O)O4)co2)c1. The second-order valence-corrected chi connectivity index (χ2v) is 6.81. The van der Waals surface area contributed by atoms with Gasteiger partial charge in [-0.15, -0.1) is 0 Å². The van der Waals surface area contributed by atoms with Gasteiger partial charge in [-0.25, -0.2) is 9.78 Å². The number of amides is 2. The molecule has 2 aliphatic rings. The maximum absolute atomic E-state index is 12.7. The van der Waals surface area contributed by atoms with Crippen LogP contribution in [-0.4, -0.2) is 54.2 Å². The van der Waals surface area contributed by atoms with Gasteiger partial charge in [-0.3, -0.25) is 4.79 Å². The summed E-state index contributed by atoms with van der Waals surface area (Å²) in [5, 5.41) is 2.68. The molecule has 1 spiro atoms. The van der Waals surface area contributed by atoms with E-state index in [9.17, 15) is 9.59 Å². The second-order valence-electron chi connectivity index (χ2n) is 6.81. The predicted molar refractivity (Wildman–Crippen MR) is 96.2 cm³/mol. The first kappa shape index (κ1) is 18.1. The van der Waals surface area contributed by atoms with Gasteiger partial charge in [0.05, 0.1) is 13.7 Å². The number of carbonyl (C=O) groups excluding carboxylic acids is 2. The number of hydrogen-bond donors (Lipinski definition) is 1. The Morgan fingerprint density at radius 3 is 2.82 bits per heavy atom. The first-order valence-electron chi connectivity index (χ1n) is 9.04. The van der Waals surface area contributed by atoms with E-state index < -0.39 is 11.7 Å². The van der Waals surface area contributed by atoms with Crippen molar-refractivity contribution in [1.29, 1.82) is 0 Å². The molecule has 0 aliphatic carbocycles. The number of aromatic nitrogens is 1. The third kappa shape index (κ3) is 3.73. The van der Waals surface area contributed by atoms with E-state index in [0.29, 0.717) is 49.9 Å². The largest absolute Gasteiger partial charge is 0.497 e. The van der Waals surface area contributed by atoms with E-state index >= 15 is 0 Å². The molecule has 9 nitrogen and oxygen atoms in total. The van der Waals surface area contributed by atoms with Gasteiger partial charge in [0.15, 0.2) is 12.3 Å². The second kappa shape index (κ2) is 7.41. The number of hydrogen-bond acceptors (Lipinski definition) is 7. The highest BCUT2D eigenvalue weighted by atomic mass is 16.6. The molecule has 0 radical (unpaired) electrons. The number of benzene rings is 1. The van der Waals surface area contributed by atoms with Crippen molar-refractivity contribution in [1.82, 2.24) is 15.2 Å². The molecule has 0 unspecified atom stereocenters. The van der Waals surface area contributed by atoms with E-state index in [0.717, 1.165) is 0 Å². The number of carbonyl (C=O) groups is 2. The van der Waals surface area contributed by atoms with Crippen molar-refractivity contribution in [3.05, 3.63) is 42.1 Å². The average molecular weight is 387 g/mol. The average Bonchev–Trinajstić information content (AvgIpc) is 3.34. The van der Waals surface area contributed by atoms with Crippen LogP contribution >= 0.6 is 0 Å². The third-order valence-electron chi connectivity index (χ3n) is 5.00. The van der Waals surface area contributed by atoms with Gasteiger partial charge in [0.1, 0.15) is 23.4 Å². The summed E-state index contributed by atoms with van der Waals surface area (Å²) in [6.45, 7) is 1.58. The lowest BCUT2D eigenvalue weighted by Gasteiger charge is -2.36. The van der Waals surface area contributed by atoms with Crippen LogP contribution in [0.2, 0.25) is 0 Å². The Bertz CT molecular complexity index is 872. The van der Waals surface area contributed by atoms with E-state index in [4.69, 9.17) is 18.6 Å². The fourth-order valence-corrected chi connectivity index (χ4v) is 3.37. The number of methoxy groups -OCH3 is 1. The monoisotopic (exact) mass is 387 g/mol. The van der Waals surface area contributed by atoms with Crippen LogP contribution in [0.1, 0.15) is 29.2 Å². The standard InChI is InChI=1S/C19H21N3O6/c1-25-13-3-2-4-14(9-13)26-11-16-21-15(10-27-16)17(23)22-7-5-19(6-8-22)12-20-18(24)28-19/h2-4,9-10H,5-8,11-12H2,1H3,(H,20,24). The van der Waals surface area contributed by atoms with Crippen LogP contribution in [0.4, 0.5) is 4.79 Å². The summed E-state index contributed by atoms with van der Waals surface area (Å²) in [6, 6.07) is 7.19. The van der Waals surface area contributed by atoms with E-state index in [-0.39, 0.29) is 18.2 Å². The van der Waals surface area contributed by atoms with Crippen molar-refractivity contribution in [2.75, 3.05) is 26.7 Å². The molecule has 28 heavy (non-hydrogen) atoms. The summed E-state index contributed by atoms with van der Waals surface area (Å²) in [7, 11) is 1.58. The topological polar surface area (TPSA) is 103 Å². The number of likely N-dealkylation sites (tertiary alicyclic amines) is 1. The Labute approximate surface area is 161 Å². The van der Waals surface area contributed by atoms with Gasteiger partial charge in [0.25, 0.3) is 5.91 Å². The Hall–Kier alpha value is -3.23. The zero-order valence-electron chi connectivity index (χ0n) is 15.5. The first-order valence-corrected chi connectivity index (χ1v) is 9.04. The molecule has 0 saturated carbocycles. The van der Waals surface area contributed by atoms with E-state index in [2.05, 4.69) is 10.3 Å². The van der Waals surface area contributed by atoms with Crippen molar-refractivity contribution in [3.8, 4) is 11.5 Å². The molecule has 1 aromatic carbocycles. The molecule has 2 saturated heterocycles. The molecule has 4 rings (SSSR count). The molecule has 1 N–H and O–H groups in total. The van der Waals surface area contributed by atoms with Gasteiger partial charge >= 0.3 is 6.09 Å². The summed E-state index contributed by atoms with van der Waals surface area (Å²) in [6.07, 6.45) is 2.15. The van der Waals surface area contributed by atoms with E-state index in [1.807, 2.05) is 12.1 Å². The number of ether oxygens (including phenoxy) is 3. The van der Waals surface area contributed by atoms with Crippen LogP contribution < -0.4 is 14.8 Å². The normalized spacial score (nSPS) is 17.9. The Morgan fingerprint density at radius 1 is 1.32 bits per heavy atom. The smallest absolute Gasteiger partial charge is 0.407 e. The minimum atomic E-state index is -0.493. The van der Waals surface area contributed by atoms with Crippen LogP contribution in [0.25, 0.3) is 0 Å². The Kier molecular flexibility index (Phi) is 4.81. The summed E-state index contributed by atoms with van der Waals surface area (Å²) in [5.41, 5.74) is -0.255. The van der Waals surface area contributed by atoms with Crippen LogP contribution in [0.5, 0.6) is 11.5 Å². The minimum Gasteiger partial charge on any atom is -0.497 e. The molecular formula is C19H21N3O6. The molecule has 2 amide bonds. The van der Waals surface area contributed by atoms with E-state index in [1.165, 1.54) is 6.26 Å². The summed E-state index contributed by atoms with van der Waals surface area (Å²) in [5.74, 6) is 1.41. The number of nitrogens with zero attached hydrogens (tertiary/aromatic N) is 2. The highest BCUT2D eigenvalue weighted by molar-refractivity contribution is 5.92. The molecule has 1 aromatic heterocycles. The number of alkyl carbamates (subject to hydrolysis) is 1. The molecule has 9 heteroatoms. The first-order chi connectivity index (χ1) is 13.6. The third-order valence-corrected chi connectivity index (χ3v) is 5.00. The van der Waals surface area contributed by atoms with Crippen LogP contribution in [0, 0.1) is 0 Å². The van der Waals surface area contributed by atoms with Gasteiger partial charge in [-0.2, -0.15) is 0 Å². The molecule has 3 heterocycles. The molecule has 0 bridgehead atoms. The Morgan fingerprint density at radius 2 is 2.11 bits per heavy atom. The summed E-state index contributed by atoms with van der Waals surface area (Å²) < 4.78 is 21.5. The minimum absolute atomic E-state index is 0.102. The molecular weight excluding hydrogens is 366 g/mol. The van der Waals surface area contributed by atoms with Crippen molar-refractivity contribution in [2.24, 2.45) is 0 Å². The lowest BCUT2D eigenvalue weighted by atomic mass is 9.91. The van der Waals surface area contributed by atoms with Gasteiger partial charge in [0, 0.05) is 32.0 Å². The van der Waals surface area contributed by atoms with Gasteiger partial charge in [0.2, 0.25) is 5.89 Å². The number of nitrogens with one attached hydrogen (secondary N) is 1. The lowest BCUT2D eigenvalue weighted by Crippen LogP contribution is -2.48. The zero-order chi connectivity index (χ0) is 19.6. The fourth-order valence-electron chi connectivity index (χ4n) is 3.37. The predicted octanol–water partition coefficient (Wildman–Crippen LogP) is 1.98. The van der Waals surface area contributed by atoms with Gasteiger partial charge in [-0.05, 0) is 12.1 Å². The number of oxazole rings is 1. The quantitative estimate of drug-likeness (QED) is 0.837. The molecule has 148 valence electrons. The molecule has 2 aromatic rings. The molecule has 2 fully saturated rings. The van der Waals surface area contributed by atoms with E-state index in [1.54, 1.807) is 24.1 Å². The zero-order valence-corrected chi connectivity index (χ0v) is 15.5. The Balaban J connectivity index is 1.32. The van der Waals surface area contributed by atoms with Gasteiger partial charge in [-0.1, -0.05) is 6.07 Å². The van der Waals surface area contributed by atoms with Crippen molar-refractivity contribution < 1.29 is 28.2 Å². The summed E-state index contributed by atoms with van der Waals surface area (Å²) >= 11 is 0. The number of rotatable bonds is 5. The highest BCUT2D eigenvalue weighted by Crippen LogP contribution is 2.29. The maximum Gasteiger partial charge on any atom is 0.407 e. The fraction of sp³-hybridized carbons (Fsp3) is 0.421. The summed E-state index contributed by atoms with van der Waals surface area (Å²) in [4.78, 5) is 29.9. The van der Waals surface area contributed by atoms with Crippen molar-refractivity contribution in [2.45, 2.75) is 25.0 Å².